The molecule has 1 amide bonds. The number of hydrogen-bond donors (Lipinski definition) is 2. The molecule has 1 aromatic rings. The molecule has 2 rings (SSSR count). The van der Waals surface area contributed by atoms with Crippen LogP contribution in [-0.4, -0.2) is 33.6 Å². The predicted molar refractivity (Wildman–Crippen MR) is 71.4 cm³/mol. The third-order valence-corrected chi connectivity index (χ3v) is 3.68. The topological polar surface area (TPSA) is 75.0 Å². The number of carbonyl (C=O) groups is 1. The number of nitrogens with two attached hydrogens (primary N) is 1. The number of likely N-dealkylation sites (tertiary alicyclic amines) is 1. The Hall–Kier alpha value is -1.52. The molecule has 0 bridgehead atoms. The highest BCUT2D eigenvalue weighted by Crippen LogP contribution is 2.25. The number of anilines is 1. The zero-order valence-electron chi connectivity index (χ0n) is 11.4. The van der Waals surface area contributed by atoms with Gasteiger partial charge < -0.3 is 10.6 Å². The van der Waals surface area contributed by atoms with Crippen molar-refractivity contribution in [3.05, 3.63) is 11.4 Å². The van der Waals surface area contributed by atoms with E-state index in [9.17, 15) is 4.79 Å². The average molecular weight is 250 g/mol. The molecule has 1 aliphatic heterocycles. The Bertz CT molecular complexity index is 438. The van der Waals surface area contributed by atoms with Crippen LogP contribution in [-0.2, 0) is 0 Å². The zero-order chi connectivity index (χ0) is 13.3. The van der Waals surface area contributed by atoms with Crippen LogP contribution in [0.5, 0.6) is 0 Å². The van der Waals surface area contributed by atoms with E-state index in [1.165, 1.54) is 6.42 Å². The van der Waals surface area contributed by atoms with Crippen LogP contribution in [0, 0.1) is 0 Å². The van der Waals surface area contributed by atoms with E-state index in [2.05, 4.69) is 17.1 Å². The van der Waals surface area contributed by atoms with Gasteiger partial charge >= 0.3 is 0 Å². The maximum atomic E-state index is 12.4. The van der Waals surface area contributed by atoms with E-state index in [0.717, 1.165) is 25.1 Å². The Labute approximate surface area is 108 Å². The van der Waals surface area contributed by atoms with Crippen LogP contribution >= 0.6 is 0 Å². The summed E-state index contributed by atoms with van der Waals surface area (Å²) < 4.78 is 0. The fourth-order valence-corrected chi connectivity index (χ4v) is 2.50. The van der Waals surface area contributed by atoms with Gasteiger partial charge in [-0.15, -0.1) is 0 Å². The van der Waals surface area contributed by atoms with Crippen LogP contribution < -0.4 is 5.73 Å². The van der Waals surface area contributed by atoms with E-state index in [0.29, 0.717) is 11.4 Å². The first-order valence-electron chi connectivity index (χ1n) is 6.67. The third kappa shape index (κ3) is 2.21. The third-order valence-electron chi connectivity index (χ3n) is 3.68. The van der Waals surface area contributed by atoms with Crippen molar-refractivity contribution in [1.29, 1.82) is 0 Å². The van der Waals surface area contributed by atoms with Gasteiger partial charge in [0, 0.05) is 12.6 Å². The summed E-state index contributed by atoms with van der Waals surface area (Å²) in [6.45, 7) is 6.95. The molecule has 1 atom stereocenters. The minimum Gasteiger partial charge on any atom is -0.395 e. The van der Waals surface area contributed by atoms with Crippen LogP contribution in [0.2, 0.25) is 0 Å². The first-order valence-corrected chi connectivity index (χ1v) is 6.67. The van der Waals surface area contributed by atoms with Crippen molar-refractivity contribution in [3.8, 4) is 0 Å². The molecule has 5 nitrogen and oxygen atoms in total. The second-order valence-corrected chi connectivity index (χ2v) is 5.40. The molecule has 0 radical (unpaired) electrons. The summed E-state index contributed by atoms with van der Waals surface area (Å²) in [7, 11) is 0. The Balaban J connectivity index is 2.23. The summed E-state index contributed by atoms with van der Waals surface area (Å²) in [6.07, 6.45) is 3.32. The highest BCUT2D eigenvalue weighted by atomic mass is 16.2. The van der Waals surface area contributed by atoms with E-state index in [4.69, 9.17) is 5.73 Å². The Kier molecular flexibility index (Phi) is 3.59. The van der Waals surface area contributed by atoms with Crippen LogP contribution in [0.1, 0.15) is 62.1 Å². The van der Waals surface area contributed by atoms with Crippen molar-refractivity contribution in [2.45, 2.75) is 52.0 Å². The quantitative estimate of drug-likeness (QED) is 0.844. The monoisotopic (exact) mass is 250 g/mol. The van der Waals surface area contributed by atoms with E-state index in [1.807, 2.05) is 18.7 Å². The Morgan fingerprint density at radius 2 is 2.22 bits per heavy atom. The number of aromatic amines is 1. The van der Waals surface area contributed by atoms with Gasteiger partial charge in [-0.1, -0.05) is 13.8 Å². The Morgan fingerprint density at radius 1 is 1.50 bits per heavy atom. The number of aromatic nitrogens is 2. The highest BCUT2D eigenvalue weighted by Gasteiger charge is 2.28. The van der Waals surface area contributed by atoms with Crippen LogP contribution in [0.3, 0.4) is 0 Å². The average Bonchev–Trinajstić information content (AvgIpc) is 2.71. The molecule has 5 heteroatoms. The van der Waals surface area contributed by atoms with Crippen molar-refractivity contribution in [2.24, 2.45) is 0 Å². The molecule has 0 aromatic carbocycles. The van der Waals surface area contributed by atoms with Gasteiger partial charge in [-0.25, -0.2) is 0 Å². The minimum atomic E-state index is -0.0390. The summed E-state index contributed by atoms with van der Waals surface area (Å²) in [5.41, 5.74) is 7.76. The smallest absolute Gasteiger partial charge is 0.276 e. The lowest BCUT2D eigenvalue weighted by atomic mass is 10.0. The lowest BCUT2D eigenvalue weighted by Crippen LogP contribution is -2.42. The van der Waals surface area contributed by atoms with Crippen molar-refractivity contribution in [2.75, 3.05) is 12.3 Å². The molecular formula is C13H22N4O. The molecule has 3 N–H and O–H groups in total. The minimum absolute atomic E-state index is 0.0390. The van der Waals surface area contributed by atoms with E-state index < -0.39 is 0 Å². The van der Waals surface area contributed by atoms with Crippen LogP contribution in [0.25, 0.3) is 0 Å². The molecule has 2 heterocycles. The van der Waals surface area contributed by atoms with Gasteiger partial charge in [0.15, 0.2) is 5.69 Å². The van der Waals surface area contributed by atoms with Gasteiger partial charge in [0.05, 0.1) is 11.4 Å². The normalized spacial score (nSPS) is 20.4. The number of carbonyl (C=O) groups excluding carboxylic acids is 1. The van der Waals surface area contributed by atoms with Gasteiger partial charge in [0.25, 0.3) is 5.91 Å². The summed E-state index contributed by atoms with van der Waals surface area (Å²) in [4.78, 5) is 14.3. The second kappa shape index (κ2) is 5.00. The fourth-order valence-electron chi connectivity index (χ4n) is 2.50. The molecule has 100 valence electrons. The lowest BCUT2D eigenvalue weighted by molar-refractivity contribution is 0.0630. The first-order chi connectivity index (χ1) is 8.52. The first kappa shape index (κ1) is 12.9. The highest BCUT2D eigenvalue weighted by molar-refractivity contribution is 5.97. The van der Waals surface area contributed by atoms with Gasteiger partial charge in [0.1, 0.15) is 0 Å². The van der Waals surface area contributed by atoms with Gasteiger partial charge in [-0.3, -0.25) is 9.89 Å². The number of piperidine rings is 1. The fraction of sp³-hybridized carbons (Fsp3) is 0.692. The number of H-pyrrole nitrogens is 1. The van der Waals surface area contributed by atoms with E-state index in [1.54, 1.807) is 0 Å². The van der Waals surface area contributed by atoms with Crippen molar-refractivity contribution >= 4 is 11.6 Å². The zero-order valence-corrected chi connectivity index (χ0v) is 11.4. The predicted octanol–water partition coefficient (Wildman–Crippen LogP) is 2.13. The van der Waals surface area contributed by atoms with Crippen molar-refractivity contribution < 1.29 is 4.79 Å². The Morgan fingerprint density at radius 3 is 2.78 bits per heavy atom. The van der Waals surface area contributed by atoms with Crippen molar-refractivity contribution in [3.63, 3.8) is 0 Å². The number of nitrogens with one attached hydrogen (secondary N) is 1. The van der Waals surface area contributed by atoms with Crippen LogP contribution in [0.15, 0.2) is 0 Å². The largest absolute Gasteiger partial charge is 0.395 e. The number of amides is 1. The van der Waals surface area contributed by atoms with Gasteiger partial charge in [-0.05, 0) is 32.1 Å². The molecule has 0 aliphatic carbocycles. The summed E-state index contributed by atoms with van der Waals surface area (Å²) >= 11 is 0. The summed E-state index contributed by atoms with van der Waals surface area (Å²) in [5.74, 6) is 0.209. The molecule has 1 fully saturated rings. The SMILES string of the molecule is CC(C)c1[nH]nc(C(=O)N2CCCCC2C)c1N. The molecule has 18 heavy (non-hydrogen) atoms. The standard InChI is InChI=1S/C13H22N4O/c1-8(2)11-10(14)12(16-15-11)13(18)17-7-5-4-6-9(17)3/h8-9H,4-7,14H2,1-3H3,(H,15,16). The molecule has 0 spiro atoms. The maximum Gasteiger partial charge on any atom is 0.276 e. The lowest BCUT2D eigenvalue weighted by Gasteiger charge is -2.32. The van der Waals surface area contributed by atoms with Gasteiger partial charge in [-0.2, -0.15) is 5.10 Å². The van der Waals surface area contributed by atoms with Gasteiger partial charge in [0.2, 0.25) is 0 Å². The number of hydrogen-bond acceptors (Lipinski definition) is 3. The molecule has 1 aliphatic rings. The molecule has 1 saturated heterocycles. The molecular weight excluding hydrogens is 228 g/mol. The van der Waals surface area contributed by atoms with E-state index >= 15 is 0 Å². The van der Waals surface area contributed by atoms with E-state index in [-0.39, 0.29) is 17.9 Å². The molecule has 1 unspecified atom stereocenters. The van der Waals surface area contributed by atoms with Crippen LogP contribution in [0.4, 0.5) is 5.69 Å². The molecule has 0 saturated carbocycles. The molecule has 1 aromatic heterocycles. The number of nitrogen functional groups attached to an aromatic ring is 1. The second-order valence-electron chi connectivity index (χ2n) is 5.40. The number of nitrogens with zero attached hydrogens (tertiary/aromatic N) is 2. The maximum absolute atomic E-state index is 12.4. The summed E-state index contributed by atoms with van der Waals surface area (Å²) in [5, 5.41) is 6.99. The summed E-state index contributed by atoms with van der Waals surface area (Å²) in [6, 6.07) is 0.282. The number of rotatable bonds is 2. The van der Waals surface area contributed by atoms with Crippen molar-refractivity contribution in [1.82, 2.24) is 15.1 Å².